The lowest BCUT2D eigenvalue weighted by molar-refractivity contribution is 0.102. The molecular weight excluding hydrogens is 728 g/mol. The standard InChI is InChI=1S/C39H29ClF4N6O4/c1-19-25-9-22(11-30(44)38(25)49-48-19)39(52)45-24-7-8-33-32(14-24)46-36(50(33)34-17-53-18-35(34)51)12-21-10-29(43)26(15-28(21)42)31-3-2-4-37(47-31)54-16-20-5-6-23(40)13-27(20)41/h2-11,13-15,34-35,51H,12,16-18H2,1H3,(H,45,52)(H,48,49)/t34?,35-/m1/s1. The van der Waals surface area contributed by atoms with E-state index in [0.29, 0.717) is 33.6 Å². The summed E-state index contributed by atoms with van der Waals surface area (Å²) >= 11 is 5.82. The molecule has 4 aromatic carbocycles. The molecule has 1 unspecified atom stereocenters. The number of nitrogens with one attached hydrogen (secondary N) is 2. The van der Waals surface area contributed by atoms with E-state index in [1.54, 1.807) is 41.8 Å². The quantitative estimate of drug-likeness (QED) is 0.128. The number of amides is 1. The first-order valence-corrected chi connectivity index (χ1v) is 17.1. The molecule has 1 fully saturated rings. The lowest BCUT2D eigenvalue weighted by atomic mass is 10.0. The second kappa shape index (κ2) is 14.2. The molecule has 274 valence electrons. The number of carbonyl (C=O) groups excluding carboxylic acids is 1. The summed E-state index contributed by atoms with van der Waals surface area (Å²) < 4.78 is 73.3. The van der Waals surface area contributed by atoms with Gasteiger partial charge in [0.25, 0.3) is 5.91 Å². The molecule has 8 rings (SSSR count). The van der Waals surface area contributed by atoms with Gasteiger partial charge in [-0.2, -0.15) is 5.10 Å². The summed E-state index contributed by atoms with van der Waals surface area (Å²) in [4.78, 5) is 22.2. The van der Waals surface area contributed by atoms with Gasteiger partial charge < -0.3 is 24.5 Å². The van der Waals surface area contributed by atoms with Crippen molar-refractivity contribution in [2.75, 3.05) is 18.5 Å². The molecule has 1 saturated heterocycles. The number of aryl methyl sites for hydroxylation is 1. The number of aliphatic hydroxyl groups excluding tert-OH is 1. The maximum absolute atomic E-state index is 15.8. The number of anilines is 1. The number of H-pyrrole nitrogens is 1. The van der Waals surface area contributed by atoms with Crippen molar-refractivity contribution in [1.82, 2.24) is 24.7 Å². The Bertz CT molecular complexity index is 2600. The van der Waals surface area contributed by atoms with Gasteiger partial charge in [-0.3, -0.25) is 9.89 Å². The van der Waals surface area contributed by atoms with Crippen LogP contribution < -0.4 is 10.1 Å². The van der Waals surface area contributed by atoms with Crippen molar-refractivity contribution in [2.45, 2.75) is 32.1 Å². The Labute approximate surface area is 309 Å². The largest absolute Gasteiger partial charge is 0.473 e. The zero-order valence-corrected chi connectivity index (χ0v) is 29.1. The van der Waals surface area contributed by atoms with E-state index in [9.17, 15) is 18.7 Å². The Kier molecular flexibility index (Phi) is 9.26. The van der Waals surface area contributed by atoms with E-state index in [0.717, 1.165) is 24.3 Å². The Morgan fingerprint density at radius 1 is 0.963 bits per heavy atom. The molecule has 0 aliphatic carbocycles. The van der Waals surface area contributed by atoms with Crippen LogP contribution in [-0.4, -0.2) is 55.1 Å². The second-order valence-electron chi connectivity index (χ2n) is 12.9. The topological polar surface area (TPSA) is 127 Å². The van der Waals surface area contributed by atoms with Crippen LogP contribution in [0, 0.1) is 30.2 Å². The van der Waals surface area contributed by atoms with Gasteiger partial charge in [-0.05, 0) is 73.2 Å². The van der Waals surface area contributed by atoms with Crippen LogP contribution in [0.5, 0.6) is 5.88 Å². The lowest BCUT2D eigenvalue weighted by Crippen LogP contribution is -2.24. The number of aliphatic hydroxyl groups is 1. The first-order valence-electron chi connectivity index (χ1n) is 16.8. The molecule has 15 heteroatoms. The monoisotopic (exact) mass is 756 g/mol. The maximum Gasteiger partial charge on any atom is 0.255 e. The van der Waals surface area contributed by atoms with Gasteiger partial charge in [-0.1, -0.05) is 23.7 Å². The normalized spacial score (nSPS) is 15.7. The van der Waals surface area contributed by atoms with Gasteiger partial charge in [0.05, 0.1) is 36.0 Å². The summed E-state index contributed by atoms with van der Waals surface area (Å²) in [7, 11) is 0. The minimum Gasteiger partial charge on any atom is -0.473 e. The fraction of sp³-hybridized carbons (Fsp3) is 0.179. The van der Waals surface area contributed by atoms with Crippen LogP contribution in [0.1, 0.15) is 39.0 Å². The molecule has 0 radical (unpaired) electrons. The van der Waals surface area contributed by atoms with Gasteiger partial charge in [0.15, 0.2) is 5.82 Å². The van der Waals surface area contributed by atoms with Crippen LogP contribution in [-0.2, 0) is 17.8 Å². The molecule has 10 nitrogen and oxygen atoms in total. The van der Waals surface area contributed by atoms with Crippen molar-refractivity contribution in [3.63, 3.8) is 0 Å². The number of carbonyl (C=O) groups is 1. The van der Waals surface area contributed by atoms with Crippen LogP contribution in [0.25, 0.3) is 33.2 Å². The van der Waals surface area contributed by atoms with Gasteiger partial charge in [-0.15, -0.1) is 0 Å². The molecule has 0 spiro atoms. The van der Waals surface area contributed by atoms with Crippen molar-refractivity contribution in [2.24, 2.45) is 0 Å². The van der Waals surface area contributed by atoms with E-state index in [2.05, 4.69) is 20.5 Å². The first-order chi connectivity index (χ1) is 26.0. The van der Waals surface area contributed by atoms with E-state index in [-0.39, 0.29) is 70.6 Å². The number of imidazole rings is 1. The van der Waals surface area contributed by atoms with E-state index >= 15 is 8.78 Å². The van der Waals surface area contributed by atoms with Crippen LogP contribution in [0.15, 0.2) is 78.9 Å². The fourth-order valence-corrected chi connectivity index (χ4v) is 6.72. The summed E-state index contributed by atoms with van der Waals surface area (Å²) in [6.07, 6.45) is -1.05. The van der Waals surface area contributed by atoms with Crippen molar-refractivity contribution >= 4 is 45.1 Å². The lowest BCUT2D eigenvalue weighted by Gasteiger charge is -2.19. The van der Waals surface area contributed by atoms with Crippen molar-refractivity contribution in [3.05, 3.63) is 135 Å². The molecule has 4 heterocycles. The molecule has 3 aromatic heterocycles. The number of aromatic amines is 1. The van der Waals surface area contributed by atoms with Crippen LogP contribution >= 0.6 is 11.6 Å². The number of pyridine rings is 1. The highest BCUT2D eigenvalue weighted by Gasteiger charge is 2.32. The van der Waals surface area contributed by atoms with Crippen molar-refractivity contribution < 1.29 is 36.9 Å². The highest BCUT2D eigenvalue weighted by molar-refractivity contribution is 6.30. The molecular formula is C39H29ClF4N6O4. The number of rotatable bonds is 9. The SMILES string of the molecule is Cc1[nH]nc2c(F)cc(C(=O)Nc3ccc4c(c3)nc(Cc3cc(F)c(-c5cccc(OCc6ccc(Cl)cc6F)n5)cc3F)n4C3COC[C@H]3O)cc12. The van der Waals surface area contributed by atoms with Gasteiger partial charge in [0.2, 0.25) is 5.88 Å². The van der Waals surface area contributed by atoms with Crippen LogP contribution in [0.4, 0.5) is 23.2 Å². The predicted octanol–water partition coefficient (Wildman–Crippen LogP) is 7.85. The molecule has 7 aromatic rings. The zero-order chi connectivity index (χ0) is 37.7. The number of benzene rings is 4. The summed E-state index contributed by atoms with van der Waals surface area (Å²) in [5.41, 5.74) is 2.38. The third kappa shape index (κ3) is 6.75. The zero-order valence-electron chi connectivity index (χ0n) is 28.3. The molecule has 2 atom stereocenters. The van der Waals surface area contributed by atoms with Gasteiger partial charge >= 0.3 is 0 Å². The summed E-state index contributed by atoms with van der Waals surface area (Å²) in [5, 5.41) is 20.9. The number of hydrogen-bond donors (Lipinski definition) is 3. The van der Waals surface area contributed by atoms with Crippen molar-refractivity contribution in [1.29, 1.82) is 0 Å². The van der Waals surface area contributed by atoms with Gasteiger partial charge in [0, 0.05) is 51.0 Å². The highest BCUT2D eigenvalue weighted by Crippen LogP contribution is 2.33. The highest BCUT2D eigenvalue weighted by atomic mass is 35.5. The molecule has 1 amide bonds. The third-order valence-corrected chi connectivity index (χ3v) is 9.55. The Morgan fingerprint density at radius 2 is 1.80 bits per heavy atom. The van der Waals surface area contributed by atoms with E-state index in [1.165, 1.54) is 24.3 Å². The summed E-state index contributed by atoms with van der Waals surface area (Å²) in [6.45, 7) is 1.80. The third-order valence-electron chi connectivity index (χ3n) is 9.31. The summed E-state index contributed by atoms with van der Waals surface area (Å²) in [6, 6.07) is 17.9. The van der Waals surface area contributed by atoms with Crippen LogP contribution in [0.2, 0.25) is 5.02 Å². The Hall–Kier alpha value is -5.83. The number of halogens is 5. The first kappa shape index (κ1) is 35.2. The fourth-order valence-electron chi connectivity index (χ4n) is 6.56. The van der Waals surface area contributed by atoms with E-state index in [4.69, 9.17) is 26.1 Å². The minimum atomic E-state index is -0.891. The average molecular weight is 757 g/mol. The van der Waals surface area contributed by atoms with Crippen LogP contribution in [0.3, 0.4) is 0 Å². The molecule has 0 saturated carbocycles. The van der Waals surface area contributed by atoms with E-state index < -0.39 is 41.3 Å². The van der Waals surface area contributed by atoms with Gasteiger partial charge in [0.1, 0.15) is 41.5 Å². The molecule has 1 aliphatic rings. The van der Waals surface area contributed by atoms with E-state index in [1.807, 2.05) is 0 Å². The molecule has 1 aliphatic heterocycles. The molecule has 3 N–H and O–H groups in total. The number of hydrogen-bond acceptors (Lipinski definition) is 7. The average Bonchev–Trinajstić information content (AvgIpc) is 3.85. The number of fused-ring (bicyclic) bond motifs is 2. The Balaban J connectivity index is 1.07. The van der Waals surface area contributed by atoms with Gasteiger partial charge in [-0.25, -0.2) is 27.5 Å². The maximum atomic E-state index is 15.8. The molecule has 54 heavy (non-hydrogen) atoms. The summed E-state index contributed by atoms with van der Waals surface area (Å²) in [5.74, 6) is -2.84. The Morgan fingerprint density at radius 3 is 2.59 bits per heavy atom. The number of ether oxygens (including phenoxy) is 2. The molecule has 0 bridgehead atoms. The smallest absolute Gasteiger partial charge is 0.255 e. The number of aromatic nitrogens is 5. The second-order valence-corrected chi connectivity index (χ2v) is 13.4. The van der Waals surface area contributed by atoms with Crippen molar-refractivity contribution in [3.8, 4) is 17.1 Å². The minimum absolute atomic E-state index is 0.00712. The number of nitrogens with zero attached hydrogens (tertiary/aromatic N) is 4. The predicted molar refractivity (Wildman–Crippen MR) is 192 cm³/mol.